The lowest BCUT2D eigenvalue weighted by atomic mass is 10.1. The maximum Gasteiger partial charge on any atom is 0.282 e. The lowest BCUT2D eigenvalue weighted by molar-refractivity contribution is -0.385. The van der Waals surface area contributed by atoms with Crippen LogP contribution in [0.4, 0.5) is 10.8 Å². The van der Waals surface area contributed by atoms with Crippen molar-refractivity contribution in [2.75, 3.05) is 11.9 Å². The molecule has 0 radical (unpaired) electrons. The Kier molecular flexibility index (Phi) is 4.30. The molecular formula is C15H10N4O6S. The Morgan fingerprint density at radius 1 is 1.31 bits per heavy atom. The van der Waals surface area contributed by atoms with Crippen LogP contribution in [0.1, 0.15) is 38.1 Å². The topological polar surface area (TPSA) is 140 Å². The van der Waals surface area contributed by atoms with Crippen LogP contribution < -0.4 is 5.32 Å². The van der Waals surface area contributed by atoms with Gasteiger partial charge in [-0.15, -0.1) is 11.3 Å². The number of nitro benzene ring substituents is 1. The van der Waals surface area contributed by atoms with E-state index in [0.29, 0.717) is 4.90 Å². The standard InChI is InChI=1S/C15H10N4O6S/c1-7(20)9-6-26-15(16-9)17-11(21)5-18-13(22)8-3-2-4-10(19(24)25)12(8)14(18)23/h2-4,6H,5H2,1H3,(H,16,17,21). The number of carbonyl (C=O) groups is 4. The monoisotopic (exact) mass is 374 g/mol. The molecule has 2 aromatic rings. The second-order valence-electron chi connectivity index (χ2n) is 5.30. The van der Waals surface area contributed by atoms with Crippen molar-refractivity contribution in [1.82, 2.24) is 9.88 Å². The first kappa shape index (κ1) is 17.4. The molecule has 1 aromatic heterocycles. The summed E-state index contributed by atoms with van der Waals surface area (Å²) in [5.41, 5.74) is -0.759. The number of thiazole rings is 1. The maximum absolute atomic E-state index is 12.4. The van der Waals surface area contributed by atoms with Crippen LogP contribution in [0.3, 0.4) is 0 Å². The number of nitrogens with one attached hydrogen (secondary N) is 1. The maximum atomic E-state index is 12.4. The Morgan fingerprint density at radius 2 is 2.04 bits per heavy atom. The normalized spacial score (nSPS) is 12.9. The van der Waals surface area contributed by atoms with Gasteiger partial charge in [0.1, 0.15) is 17.8 Å². The molecule has 0 aliphatic carbocycles. The fraction of sp³-hybridized carbons (Fsp3) is 0.133. The predicted molar refractivity (Wildman–Crippen MR) is 89.2 cm³/mol. The molecule has 1 aromatic carbocycles. The zero-order valence-corrected chi connectivity index (χ0v) is 14.0. The van der Waals surface area contributed by atoms with E-state index in [1.807, 2.05) is 0 Å². The van der Waals surface area contributed by atoms with Crippen molar-refractivity contribution in [2.24, 2.45) is 0 Å². The summed E-state index contributed by atoms with van der Waals surface area (Å²) in [6, 6.07) is 3.71. The quantitative estimate of drug-likeness (QED) is 0.362. The van der Waals surface area contributed by atoms with E-state index >= 15 is 0 Å². The molecule has 3 rings (SSSR count). The molecule has 26 heavy (non-hydrogen) atoms. The van der Waals surface area contributed by atoms with E-state index in [9.17, 15) is 29.3 Å². The molecule has 0 spiro atoms. The summed E-state index contributed by atoms with van der Waals surface area (Å²) in [6.45, 7) is 0.699. The van der Waals surface area contributed by atoms with E-state index < -0.39 is 34.9 Å². The van der Waals surface area contributed by atoms with Crippen LogP contribution in [0.25, 0.3) is 0 Å². The number of aromatic nitrogens is 1. The fourth-order valence-corrected chi connectivity index (χ4v) is 3.17. The molecule has 11 heteroatoms. The number of nitro groups is 1. The second kappa shape index (κ2) is 6.44. The molecule has 2 heterocycles. The zero-order chi connectivity index (χ0) is 19.0. The molecular weight excluding hydrogens is 364 g/mol. The lowest BCUT2D eigenvalue weighted by Gasteiger charge is -2.12. The van der Waals surface area contributed by atoms with Crippen LogP contribution in [0.15, 0.2) is 23.6 Å². The third kappa shape index (κ3) is 2.95. The van der Waals surface area contributed by atoms with Crippen LogP contribution in [0, 0.1) is 10.1 Å². The number of imide groups is 1. The Labute approximate surface area is 149 Å². The largest absolute Gasteiger partial charge is 0.300 e. The van der Waals surface area contributed by atoms with Gasteiger partial charge in [-0.05, 0) is 6.07 Å². The molecule has 1 aliphatic heterocycles. The number of amides is 3. The lowest BCUT2D eigenvalue weighted by Crippen LogP contribution is -2.37. The highest BCUT2D eigenvalue weighted by Gasteiger charge is 2.41. The number of ketones is 1. The van der Waals surface area contributed by atoms with Gasteiger partial charge in [-0.2, -0.15) is 0 Å². The smallest absolute Gasteiger partial charge is 0.282 e. The van der Waals surface area contributed by atoms with E-state index in [0.717, 1.165) is 17.4 Å². The fourth-order valence-electron chi connectivity index (χ4n) is 2.41. The van der Waals surface area contributed by atoms with Crippen LogP contribution in [-0.2, 0) is 4.79 Å². The van der Waals surface area contributed by atoms with Gasteiger partial charge in [-0.25, -0.2) is 4.98 Å². The second-order valence-corrected chi connectivity index (χ2v) is 6.15. The minimum Gasteiger partial charge on any atom is -0.300 e. The number of rotatable bonds is 5. The van der Waals surface area contributed by atoms with E-state index in [4.69, 9.17) is 0 Å². The highest BCUT2D eigenvalue weighted by molar-refractivity contribution is 7.14. The van der Waals surface area contributed by atoms with Gasteiger partial charge in [0.25, 0.3) is 17.5 Å². The molecule has 0 bridgehead atoms. The van der Waals surface area contributed by atoms with Crippen molar-refractivity contribution in [3.63, 3.8) is 0 Å². The van der Waals surface area contributed by atoms with Crippen molar-refractivity contribution in [3.05, 3.63) is 50.5 Å². The Morgan fingerprint density at radius 3 is 2.65 bits per heavy atom. The summed E-state index contributed by atoms with van der Waals surface area (Å²) in [6.07, 6.45) is 0. The Balaban J connectivity index is 1.78. The van der Waals surface area contributed by atoms with E-state index in [-0.39, 0.29) is 27.7 Å². The summed E-state index contributed by atoms with van der Waals surface area (Å²) >= 11 is 1.02. The molecule has 0 atom stereocenters. The Hall–Kier alpha value is -3.47. The molecule has 10 nitrogen and oxygen atoms in total. The zero-order valence-electron chi connectivity index (χ0n) is 13.2. The van der Waals surface area contributed by atoms with Crippen molar-refractivity contribution < 1.29 is 24.1 Å². The number of carbonyl (C=O) groups excluding carboxylic acids is 4. The summed E-state index contributed by atoms with van der Waals surface area (Å²) in [4.78, 5) is 62.8. The van der Waals surface area contributed by atoms with Gasteiger partial charge in [0.05, 0.1) is 10.5 Å². The number of Topliss-reactive ketones (excluding diaryl/α,β-unsaturated/α-hetero) is 1. The molecule has 3 amide bonds. The SMILES string of the molecule is CC(=O)c1csc(NC(=O)CN2C(=O)c3cccc([N+](=O)[O-])c3C2=O)n1. The minimum atomic E-state index is -0.906. The Bertz CT molecular complexity index is 982. The van der Waals surface area contributed by atoms with Gasteiger partial charge >= 0.3 is 0 Å². The third-order valence-corrected chi connectivity index (χ3v) is 4.34. The number of fused-ring (bicyclic) bond motifs is 1. The van der Waals surface area contributed by atoms with Crippen LogP contribution in [0.5, 0.6) is 0 Å². The van der Waals surface area contributed by atoms with Gasteiger partial charge in [0.15, 0.2) is 10.9 Å². The average molecular weight is 374 g/mol. The van der Waals surface area contributed by atoms with Crippen molar-refractivity contribution >= 4 is 45.7 Å². The van der Waals surface area contributed by atoms with Crippen molar-refractivity contribution in [1.29, 1.82) is 0 Å². The van der Waals surface area contributed by atoms with E-state index in [1.165, 1.54) is 24.4 Å². The van der Waals surface area contributed by atoms with Crippen molar-refractivity contribution in [2.45, 2.75) is 6.92 Å². The number of anilines is 1. The molecule has 0 fully saturated rings. The first-order valence-corrected chi connectivity index (χ1v) is 8.07. The highest BCUT2D eigenvalue weighted by Crippen LogP contribution is 2.30. The van der Waals surface area contributed by atoms with Crippen LogP contribution in [0.2, 0.25) is 0 Å². The molecule has 1 aliphatic rings. The van der Waals surface area contributed by atoms with Crippen LogP contribution in [-0.4, -0.2) is 44.9 Å². The summed E-state index contributed by atoms with van der Waals surface area (Å²) in [5, 5.41) is 15.0. The van der Waals surface area contributed by atoms with Crippen LogP contribution >= 0.6 is 11.3 Å². The van der Waals surface area contributed by atoms with E-state index in [2.05, 4.69) is 10.3 Å². The summed E-state index contributed by atoms with van der Waals surface area (Å²) in [7, 11) is 0. The molecule has 1 N–H and O–H groups in total. The van der Waals surface area contributed by atoms with Gasteiger partial charge in [-0.1, -0.05) is 6.07 Å². The summed E-state index contributed by atoms with van der Waals surface area (Å²) < 4.78 is 0. The average Bonchev–Trinajstić information content (AvgIpc) is 3.14. The van der Waals surface area contributed by atoms with Gasteiger partial charge < -0.3 is 5.32 Å². The molecule has 0 saturated heterocycles. The number of nitrogens with zero attached hydrogens (tertiary/aromatic N) is 3. The van der Waals surface area contributed by atoms with E-state index in [1.54, 1.807) is 0 Å². The highest BCUT2D eigenvalue weighted by atomic mass is 32.1. The molecule has 0 unspecified atom stereocenters. The van der Waals surface area contributed by atoms with Gasteiger partial charge in [0.2, 0.25) is 5.91 Å². The van der Waals surface area contributed by atoms with Gasteiger partial charge in [-0.3, -0.25) is 34.2 Å². The molecule has 0 saturated carbocycles. The first-order chi connectivity index (χ1) is 12.3. The third-order valence-electron chi connectivity index (χ3n) is 3.59. The minimum absolute atomic E-state index is 0.120. The van der Waals surface area contributed by atoms with Gasteiger partial charge in [0, 0.05) is 18.4 Å². The molecule has 132 valence electrons. The van der Waals surface area contributed by atoms with Crippen molar-refractivity contribution in [3.8, 4) is 0 Å². The number of hydrogen-bond donors (Lipinski definition) is 1. The predicted octanol–water partition coefficient (Wildman–Crippen LogP) is 1.49. The first-order valence-electron chi connectivity index (χ1n) is 7.19. The summed E-state index contributed by atoms with van der Waals surface area (Å²) in [5.74, 6) is -2.68. The number of hydrogen-bond acceptors (Lipinski definition) is 8. The number of benzene rings is 1.